The Kier molecular flexibility index (Phi) is 7.62. The Labute approximate surface area is 136 Å². The van der Waals surface area contributed by atoms with Crippen molar-refractivity contribution in [2.24, 2.45) is 5.92 Å². The summed E-state index contributed by atoms with van der Waals surface area (Å²) in [4.78, 5) is 10.9. The highest BCUT2D eigenvalue weighted by atomic mass is 35.5. The van der Waals surface area contributed by atoms with E-state index in [1.54, 1.807) is 19.1 Å². The number of sulfone groups is 1. The van der Waals surface area contributed by atoms with Crippen molar-refractivity contribution in [1.82, 2.24) is 0 Å². The van der Waals surface area contributed by atoms with Crippen molar-refractivity contribution in [1.29, 1.82) is 0 Å². The second-order valence-electron chi connectivity index (χ2n) is 5.21. The van der Waals surface area contributed by atoms with E-state index in [2.05, 4.69) is 0 Å². The van der Waals surface area contributed by atoms with E-state index in [-0.39, 0.29) is 11.7 Å². The summed E-state index contributed by atoms with van der Waals surface area (Å²) < 4.78 is 24.1. The van der Waals surface area contributed by atoms with Gasteiger partial charge >= 0.3 is 5.97 Å². The molecule has 0 aliphatic carbocycles. The van der Waals surface area contributed by atoms with Crippen LogP contribution in [0.1, 0.15) is 32.6 Å². The van der Waals surface area contributed by atoms with Crippen LogP contribution in [0.4, 0.5) is 0 Å². The molecule has 0 saturated heterocycles. The normalized spacial score (nSPS) is 13.4. The summed E-state index contributed by atoms with van der Waals surface area (Å²) >= 11 is 5.74. The first-order valence-corrected chi connectivity index (χ1v) is 9.22. The molecular weight excluding hydrogens is 324 g/mol. The first-order valence-electron chi connectivity index (χ1n) is 7.19. The monoisotopic (exact) mass is 344 g/mol. The van der Waals surface area contributed by atoms with Gasteiger partial charge in [0.25, 0.3) is 0 Å². The predicted molar refractivity (Wildman–Crippen MR) is 87.9 cm³/mol. The molecule has 6 heteroatoms. The molecule has 0 heterocycles. The van der Waals surface area contributed by atoms with Gasteiger partial charge in [-0.1, -0.05) is 30.7 Å². The predicted octanol–water partition coefficient (Wildman–Crippen LogP) is 3.95. The number of carboxylic acids is 1. The minimum absolute atomic E-state index is 0.105. The van der Waals surface area contributed by atoms with Crippen LogP contribution >= 0.6 is 11.6 Å². The lowest BCUT2D eigenvalue weighted by Crippen LogP contribution is -2.07. The second-order valence-corrected chi connectivity index (χ2v) is 7.76. The number of hydrogen-bond acceptors (Lipinski definition) is 3. The second kappa shape index (κ2) is 8.96. The number of hydrogen-bond donors (Lipinski definition) is 1. The molecule has 0 fully saturated rings. The van der Waals surface area contributed by atoms with Crippen LogP contribution in [0.3, 0.4) is 0 Å². The standard InChI is InChI=1S/C16H21ClO4S/c1-13(16(18)19)7-5-3-2-4-6-12-22(20,21)15-10-8-14(17)9-11-15/h3,5,8-11,13H,2,4,6-7,12H2,1H3,(H,18,19)/b5-3-. The molecule has 0 radical (unpaired) electrons. The first kappa shape index (κ1) is 18.7. The number of unbranched alkanes of at least 4 members (excludes halogenated alkanes) is 2. The molecular formula is C16H21ClO4S. The molecule has 1 unspecified atom stereocenters. The number of carboxylic acid groups (broad SMARTS) is 1. The van der Waals surface area contributed by atoms with E-state index in [1.165, 1.54) is 12.1 Å². The molecule has 0 spiro atoms. The third kappa shape index (κ3) is 6.62. The summed E-state index contributed by atoms with van der Waals surface area (Å²) in [5.74, 6) is -1.09. The Morgan fingerprint density at radius 3 is 2.45 bits per heavy atom. The highest BCUT2D eigenvalue weighted by molar-refractivity contribution is 7.91. The average molecular weight is 345 g/mol. The van der Waals surface area contributed by atoms with Crippen molar-refractivity contribution in [3.63, 3.8) is 0 Å². The number of aliphatic carboxylic acids is 1. The molecule has 122 valence electrons. The first-order chi connectivity index (χ1) is 10.3. The van der Waals surface area contributed by atoms with Gasteiger partial charge in [0.15, 0.2) is 9.84 Å². The lowest BCUT2D eigenvalue weighted by molar-refractivity contribution is -0.140. The SMILES string of the molecule is CC(C/C=C\CCCCS(=O)(=O)c1ccc(Cl)cc1)C(=O)O. The number of allylic oxidation sites excluding steroid dienone is 2. The van der Waals surface area contributed by atoms with Gasteiger partial charge in [-0.05, 0) is 49.9 Å². The van der Waals surface area contributed by atoms with E-state index < -0.39 is 15.8 Å². The molecule has 1 aromatic carbocycles. The topological polar surface area (TPSA) is 71.4 Å². The van der Waals surface area contributed by atoms with Gasteiger partial charge in [0.1, 0.15) is 0 Å². The molecule has 1 aromatic rings. The molecule has 0 saturated carbocycles. The number of carbonyl (C=O) groups is 1. The average Bonchev–Trinajstić information content (AvgIpc) is 2.46. The summed E-state index contributed by atoms with van der Waals surface area (Å²) in [6.07, 6.45) is 6.33. The van der Waals surface area contributed by atoms with Crippen LogP contribution in [0.15, 0.2) is 41.3 Å². The third-order valence-electron chi connectivity index (χ3n) is 3.28. The summed E-state index contributed by atoms with van der Waals surface area (Å²) in [5, 5.41) is 9.24. The fraction of sp³-hybridized carbons (Fsp3) is 0.438. The summed E-state index contributed by atoms with van der Waals surface area (Å²) in [7, 11) is -3.25. The van der Waals surface area contributed by atoms with Gasteiger partial charge in [0.05, 0.1) is 16.6 Å². The van der Waals surface area contributed by atoms with Crippen molar-refractivity contribution in [3.05, 3.63) is 41.4 Å². The minimum atomic E-state index is -3.25. The Morgan fingerprint density at radius 2 is 1.86 bits per heavy atom. The van der Waals surface area contributed by atoms with Crippen LogP contribution in [0, 0.1) is 5.92 Å². The van der Waals surface area contributed by atoms with E-state index in [0.717, 1.165) is 12.8 Å². The van der Waals surface area contributed by atoms with Gasteiger partial charge in [-0.2, -0.15) is 0 Å². The zero-order valence-corrected chi connectivity index (χ0v) is 14.1. The minimum Gasteiger partial charge on any atom is -0.481 e. The van der Waals surface area contributed by atoms with Crippen molar-refractivity contribution < 1.29 is 18.3 Å². The van der Waals surface area contributed by atoms with E-state index in [4.69, 9.17) is 16.7 Å². The van der Waals surface area contributed by atoms with Gasteiger partial charge in [-0.25, -0.2) is 8.42 Å². The van der Waals surface area contributed by atoms with Crippen LogP contribution < -0.4 is 0 Å². The van der Waals surface area contributed by atoms with Crippen LogP contribution in [0.25, 0.3) is 0 Å². The highest BCUT2D eigenvalue weighted by Gasteiger charge is 2.13. The lowest BCUT2D eigenvalue weighted by Gasteiger charge is -2.04. The van der Waals surface area contributed by atoms with Crippen LogP contribution in [-0.4, -0.2) is 25.2 Å². The Balaban J connectivity index is 2.31. The lowest BCUT2D eigenvalue weighted by atomic mass is 10.1. The van der Waals surface area contributed by atoms with E-state index in [1.807, 2.05) is 12.2 Å². The maximum atomic E-state index is 12.1. The Bertz CT molecular complexity index is 606. The van der Waals surface area contributed by atoms with Crippen molar-refractivity contribution in [2.75, 3.05) is 5.75 Å². The van der Waals surface area contributed by atoms with Gasteiger partial charge < -0.3 is 5.11 Å². The Hall–Kier alpha value is -1.33. The van der Waals surface area contributed by atoms with Crippen molar-refractivity contribution in [2.45, 2.75) is 37.5 Å². The third-order valence-corrected chi connectivity index (χ3v) is 5.35. The van der Waals surface area contributed by atoms with E-state index >= 15 is 0 Å². The number of halogens is 1. The van der Waals surface area contributed by atoms with Gasteiger partial charge in [-0.15, -0.1) is 0 Å². The molecule has 0 amide bonds. The van der Waals surface area contributed by atoms with Crippen LogP contribution in [0.2, 0.25) is 5.02 Å². The molecule has 0 aliphatic rings. The molecule has 0 aliphatic heterocycles. The maximum Gasteiger partial charge on any atom is 0.306 e. The fourth-order valence-electron chi connectivity index (χ4n) is 1.83. The molecule has 0 bridgehead atoms. The smallest absolute Gasteiger partial charge is 0.306 e. The zero-order valence-electron chi connectivity index (χ0n) is 12.5. The fourth-order valence-corrected chi connectivity index (χ4v) is 3.33. The van der Waals surface area contributed by atoms with E-state index in [0.29, 0.717) is 22.8 Å². The number of benzene rings is 1. The van der Waals surface area contributed by atoms with E-state index in [9.17, 15) is 13.2 Å². The summed E-state index contributed by atoms with van der Waals surface area (Å²) in [6, 6.07) is 6.18. The largest absolute Gasteiger partial charge is 0.481 e. The maximum absolute atomic E-state index is 12.1. The number of rotatable bonds is 9. The van der Waals surface area contributed by atoms with Gasteiger partial charge in [0.2, 0.25) is 0 Å². The molecule has 1 atom stereocenters. The van der Waals surface area contributed by atoms with Gasteiger partial charge in [-0.3, -0.25) is 4.79 Å². The molecule has 1 rings (SSSR count). The van der Waals surface area contributed by atoms with Crippen LogP contribution in [0.5, 0.6) is 0 Å². The quantitative estimate of drug-likeness (QED) is 0.544. The van der Waals surface area contributed by atoms with Gasteiger partial charge in [0, 0.05) is 5.02 Å². The molecule has 22 heavy (non-hydrogen) atoms. The van der Waals surface area contributed by atoms with Crippen molar-refractivity contribution >= 4 is 27.4 Å². The van der Waals surface area contributed by atoms with Crippen LogP contribution in [-0.2, 0) is 14.6 Å². The summed E-state index contributed by atoms with van der Waals surface area (Å²) in [6.45, 7) is 1.66. The Morgan fingerprint density at radius 1 is 1.23 bits per heavy atom. The molecule has 4 nitrogen and oxygen atoms in total. The summed E-state index contributed by atoms with van der Waals surface area (Å²) in [5.41, 5.74) is 0. The molecule has 0 aromatic heterocycles. The van der Waals surface area contributed by atoms with Crippen molar-refractivity contribution in [3.8, 4) is 0 Å². The zero-order chi connectivity index (χ0) is 16.6. The highest BCUT2D eigenvalue weighted by Crippen LogP contribution is 2.16. The molecule has 1 N–H and O–H groups in total.